The number of methoxy groups -OCH3 is 1. The average molecular weight is 410 g/mol. The van der Waals surface area contributed by atoms with Gasteiger partial charge in [0.25, 0.3) is 5.91 Å². The van der Waals surface area contributed by atoms with E-state index in [4.69, 9.17) is 4.74 Å². The molecule has 0 aliphatic rings. The number of carbonyl (C=O) groups is 1. The molecule has 0 bridgehead atoms. The van der Waals surface area contributed by atoms with Crippen LogP contribution in [0, 0.1) is 5.82 Å². The highest BCUT2D eigenvalue weighted by Gasteiger charge is 2.18. The topological polar surface area (TPSA) is 86.1 Å². The minimum atomic E-state index is -0.701. The predicted molar refractivity (Wildman–Crippen MR) is 109 cm³/mol. The molecule has 1 amide bonds. The van der Waals surface area contributed by atoms with Crippen molar-refractivity contribution in [3.05, 3.63) is 69.6 Å². The van der Waals surface area contributed by atoms with Gasteiger partial charge in [0.2, 0.25) is 5.43 Å². The van der Waals surface area contributed by atoms with Gasteiger partial charge in [-0.3, -0.25) is 19.6 Å². The number of anilines is 1. The Labute approximate surface area is 168 Å². The van der Waals surface area contributed by atoms with Gasteiger partial charge in [-0.1, -0.05) is 0 Å². The first-order valence-corrected chi connectivity index (χ1v) is 9.42. The van der Waals surface area contributed by atoms with E-state index in [1.54, 1.807) is 19.5 Å². The summed E-state index contributed by atoms with van der Waals surface area (Å²) >= 11 is 1.22. The number of amides is 1. The van der Waals surface area contributed by atoms with Crippen LogP contribution in [0.3, 0.4) is 0 Å². The number of rotatable bonds is 4. The number of thiazole rings is 1. The molecule has 0 aliphatic heterocycles. The van der Waals surface area contributed by atoms with E-state index in [0.29, 0.717) is 16.3 Å². The van der Waals surface area contributed by atoms with Crippen molar-refractivity contribution in [3.63, 3.8) is 0 Å². The molecule has 1 N–H and O–H groups in total. The fraction of sp³-hybridized carbons (Fsp3) is 0.100. The molecular weight excluding hydrogens is 395 g/mol. The molecule has 9 heteroatoms. The highest BCUT2D eigenvalue weighted by atomic mass is 32.1. The van der Waals surface area contributed by atoms with Crippen LogP contribution in [0.4, 0.5) is 9.52 Å². The van der Waals surface area contributed by atoms with Crippen LogP contribution < -0.4 is 15.5 Å². The third kappa shape index (κ3) is 3.59. The van der Waals surface area contributed by atoms with E-state index in [1.807, 2.05) is 24.3 Å². The second-order valence-corrected chi connectivity index (χ2v) is 7.04. The fourth-order valence-corrected chi connectivity index (χ4v) is 3.59. The fourth-order valence-electron chi connectivity index (χ4n) is 2.88. The lowest BCUT2D eigenvalue weighted by atomic mass is 10.2. The molecule has 0 spiro atoms. The van der Waals surface area contributed by atoms with Gasteiger partial charge in [-0.25, -0.2) is 9.37 Å². The van der Waals surface area contributed by atoms with E-state index in [9.17, 15) is 14.0 Å². The summed E-state index contributed by atoms with van der Waals surface area (Å²) in [5.74, 6) is -0.532. The van der Waals surface area contributed by atoms with Gasteiger partial charge in [0, 0.05) is 18.0 Å². The Morgan fingerprint density at radius 3 is 2.69 bits per heavy atom. The van der Waals surface area contributed by atoms with Crippen molar-refractivity contribution in [2.24, 2.45) is 7.05 Å². The standard InChI is InChI=1S/C20H15FN4O3S/c1-25-16-8-5-12(21)9-14(16)18(26)17(24-25)19(27)23-20-22-15(10-29-20)11-3-6-13(28-2)7-4-11/h3-10H,1-2H3,(H,22,23,27). The molecule has 29 heavy (non-hydrogen) atoms. The third-order valence-corrected chi connectivity index (χ3v) is 5.10. The molecule has 4 aromatic rings. The molecule has 0 radical (unpaired) electrons. The van der Waals surface area contributed by atoms with Crippen LogP contribution >= 0.6 is 11.3 Å². The monoisotopic (exact) mass is 410 g/mol. The van der Waals surface area contributed by atoms with Crippen LogP contribution in [0.5, 0.6) is 5.75 Å². The quantitative estimate of drug-likeness (QED) is 0.557. The summed E-state index contributed by atoms with van der Waals surface area (Å²) in [5.41, 5.74) is 1.00. The lowest BCUT2D eigenvalue weighted by Gasteiger charge is -2.07. The summed E-state index contributed by atoms with van der Waals surface area (Å²) in [6.45, 7) is 0. The lowest BCUT2D eigenvalue weighted by Crippen LogP contribution is -2.26. The number of halogens is 1. The maximum atomic E-state index is 13.6. The van der Waals surface area contributed by atoms with Crippen molar-refractivity contribution < 1.29 is 13.9 Å². The molecule has 7 nitrogen and oxygen atoms in total. The molecule has 0 saturated carbocycles. The Bertz CT molecular complexity index is 1280. The molecule has 0 unspecified atom stereocenters. The van der Waals surface area contributed by atoms with Crippen LogP contribution in [0.1, 0.15) is 10.5 Å². The summed E-state index contributed by atoms with van der Waals surface area (Å²) in [7, 11) is 3.17. The number of fused-ring (bicyclic) bond motifs is 1. The first kappa shape index (κ1) is 18.8. The van der Waals surface area contributed by atoms with Gasteiger partial charge < -0.3 is 4.74 Å². The second-order valence-electron chi connectivity index (χ2n) is 6.18. The Morgan fingerprint density at radius 2 is 1.97 bits per heavy atom. The van der Waals surface area contributed by atoms with Gasteiger partial charge in [-0.2, -0.15) is 5.10 Å². The molecule has 0 fully saturated rings. The number of nitrogens with one attached hydrogen (secondary N) is 1. The minimum absolute atomic E-state index is 0.0886. The van der Waals surface area contributed by atoms with Gasteiger partial charge >= 0.3 is 0 Å². The Hall–Kier alpha value is -3.59. The first-order valence-electron chi connectivity index (χ1n) is 8.54. The van der Waals surface area contributed by atoms with Crippen molar-refractivity contribution in [2.45, 2.75) is 0 Å². The summed E-state index contributed by atoms with van der Waals surface area (Å²) < 4.78 is 20.1. The molecule has 2 heterocycles. The molecule has 146 valence electrons. The van der Waals surface area contributed by atoms with Crippen LogP contribution in [-0.4, -0.2) is 27.8 Å². The number of benzene rings is 2. The molecule has 0 aliphatic carbocycles. The van der Waals surface area contributed by atoms with Gasteiger partial charge in [0.1, 0.15) is 11.6 Å². The summed E-state index contributed by atoms with van der Waals surface area (Å²) in [5, 5.41) is 8.84. The Kier molecular flexibility index (Phi) is 4.81. The number of ether oxygens (including phenoxy) is 1. The Morgan fingerprint density at radius 1 is 1.21 bits per heavy atom. The highest BCUT2D eigenvalue weighted by molar-refractivity contribution is 7.14. The molecule has 0 atom stereocenters. The van der Waals surface area contributed by atoms with E-state index in [2.05, 4.69) is 15.4 Å². The minimum Gasteiger partial charge on any atom is -0.497 e. The number of hydrogen-bond acceptors (Lipinski definition) is 6. The van der Waals surface area contributed by atoms with Crippen molar-refractivity contribution in [3.8, 4) is 17.0 Å². The van der Waals surface area contributed by atoms with E-state index < -0.39 is 17.2 Å². The van der Waals surface area contributed by atoms with Crippen LogP contribution in [0.15, 0.2) is 52.6 Å². The van der Waals surface area contributed by atoms with E-state index in [-0.39, 0.29) is 11.1 Å². The van der Waals surface area contributed by atoms with Crippen molar-refractivity contribution in [1.82, 2.24) is 14.8 Å². The van der Waals surface area contributed by atoms with Gasteiger partial charge in [-0.15, -0.1) is 11.3 Å². The van der Waals surface area contributed by atoms with Gasteiger partial charge in [0.05, 0.1) is 23.7 Å². The first-order chi connectivity index (χ1) is 14.0. The largest absolute Gasteiger partial charge is 0.497 e. The zero-order valence-corrected chi connectivity index (χ0v) is 16.3. The Balaban J connectivity index is 1.62. The van der Waals surface area contributed by atoms with Crippen molar-refractivity contribution in [1.29, 1.82) is 0 Å². The number of nitrogens with zero attached hydrogens (tertiary/aromatic N) is 3. The average Bonchev–Trinajstić information content (AvgIpc) is 3.19. The summed E-state index contributed by atoms with van der Waals surface area (Å²) in [6.07, 6.45) is 0. The van der Waals surface area contributed by atoms with Crippen LogP contribution in [-0.2, 0) is 7.05 Å². The highest BCUT2D eigenvalue weighted by Crippen LogP contribution is 2.26. The van der Waals surface area contributed by atoms with Gasteiger partial charge in [0.15, 0.2) is 10.8 Å². The molecular formula is C20H15FN4O3S. The third-order valence-electron chi connectivity index (χ3n) is 4.34. The zero-order valence-electron chi connectivity index (χ0n) is 15.5. The predicted octanol–water partition coefficient (Wildman–Crippen LogP) is 3.46. The number of carbonyl (C=O) groups excluding carboxylic acids is 1. The SMILES string of the molecule is COc1ccc(-c2csc(NC(=O)c3nn(C)c4ccc(F)cc4c3=O)n2)cc1. The molecule has 0 saturated heterocycles. The number of hydrogen-bond donors (Lipinski definition) is 1. The van der Waals surface area contributed by atoms with Crippen molar-refractivity contribution in [2.75, 3.05) is 12.4 Å². The second kappa shape index (κ2) is 7.44. The summed E-state index contributed by atoms with van der Waals surface area (Å²) in [4.78, 5) is 29.6. The van der Waals surface area contributed by atoms with E-state index in [1.165, 1.54) is 28.2 Å². The number of aromatic nitrogens is 3. The molecule has 2 aromatic carbocycles. The van der Waals surface area contributed by atoms with E-state index in [0.717, 1.165) is 17.4 Å². The maximum absolute atomic E-state index is 13.6. The molecule has 4 rings (SSSR count). The summed E-state index contributed by atoms with van der Waals surface area (Å²) in [6, 6.07) is 11.1. The van der Waals surface area contributed by atoms with Crippen LogP contribution in [0.2, 0.25) is 0 Å². The normalized spacial score (nSPS) is 10.9. The number of aryl methyl sites for hydroxylation is 1. The van der Waals surface area contributed by atoms with Crippen molar-refractivity contribution >= 4 is 33.3 Å². The smallest absolute Gasteiger partial charge is 0.281 e. The van der Waals surface area contributed by atoms with Crippen LogP contribution in [0.25, 0.3) is 22.2 Å². The molecule has 2 aromatic heterocycles. The lowest BCUT2D eigenvalue weighted by molar-refractivity contribution is 0.101. The van der Waals surface area contributed by atoms with E-state index >= 15 is 0 Å². The zero-order chi connectivity index (χ0) is 20.5. The maximum Gasteiger partial charge on any atom is 0.281 e. The van der Waals surface area contributed by atoms with Gasteiger partial charge in [-0.05, 0) is 42.5 Å².